The first kappa shape index (κ1) is 23.3. The first-order valence-electron chi connectivity index (χ1n) is 10.6. The molecule has 7 nitrogen and oxygen atoms in total. The minimum absolute atomic E-state index is 0.217. The van der Waals surface area contributed by atoms with Crippen LogP contribution in [-0.4, -0.2) is 46.1 Å². The van der Waals surface area contributed by atoms with E-state index in [2.05, 4.69) is 0 Å². The molecule has 4 rings (SSSR count). The number of ether oxygens (including phenoxy) is 1. The van der Waals surface area contributed by atoms with E-state index in [4.69, 9.17) is 16.3 Å². The number of aliphatic carboxylic acids is 2. The molecule has 0 bridgehead atoms. The van der Waals surface area contributed by atoms with Crippen LogP contribution in [0.15, 0.2) is 72.8 Å². The lowest BCUT2D eigenvalue weighted by molar-refractivity contribution is -0.142. The third-order valence-corrected chi connectivity index (χ3v) is 6.45. The summed E-state index contributed by atoms with van der Waals surface area (Å²) in [4.78, 5) is 38.8. The Morgan fingerprint density at radius 2 is 1.56 bits per heavy atom. The summed E-state index contributed by atoms with van der Waals surface area (Å²) in [5.74, 6) is -3.46. The molecule has 0 aliphatic carbocycles. The number of hydrogen-bond donors (Lipinski definition) is 2. The van der Waals surface area contributed by atoms with E-state index in [1.807, 2.05) is 24.3 Å². The Balaban J connectivity index is 1.75. The summed E-state index contributed by atoms with van der Waals surface area (Å²) >= 11 is 6.34. The van der Waals surface area contributed by atoms with Gasteiger partial charge in [0.2, 0.25) is 0 Å². The summed E-state index contributed by atoms with van der Waals surface area (Å²) in [5.41, 5.74) is 2.30. The molecule has 1 fully saturated rings. The molecule has 3 atom stereocenters. The molecule has 1 aliphatic heterocycles. The molecular formula is C26H22ClNO6. The van der Waals surface area contributed by atoms with Crippen molar-refractivity contribution in [3.8, 4) is 16.9 Å². The SMILES string of the molecule is COc1ccccc1-c1ccc(C(=O)N2[C@H](C(=O)O)C[C@H](C(=O)O)[C@@H]2c2ccccc2Cl)cc1. The molecule has 2 N–H and O–H groups in total. The molecule has 0 saturated carbocycles. The van der Waals surface area contributed by atoms with Gasteiger partial charge in [-0.25, -0.2) is 4.79 Å². The van der Waals surface area contributed by atoms with Gasteiger partial charge in [0.25, 0.3) is 5.91 Å². The Morgan fingerprint density at radius 1 is 0.912 bits per heavy atom. The van der Waals surface area contributed by atoms with E-state index in [9.17, 15) is 24.6 Å². The van der Waals surface area contributed by atoms with Gasteiger partial charge in [-0.3, -0.25) is 9.59 Å². The molecule has 3 aromatic rings. The number of likely N-dealkylation sites (tertiary alicyclic amines) is 1. The van der Waals surface area contributed by atoms with Crippen molar-refractivity contribution in [1.82, 2.24) is 4.90 Å². The van der Waals surface area contributed by atoms with E-state index in [-0.39, 0.29) is 17.0 Å². The van der Waals surface area contributed by atoms with Gasteiger partial charge >= 0.3 is 11.9 Å². The molecule has 0 unspecified atom stereocenters. The number of halogens is 1. The van der Waals surface area contributed by atoms with Crippen molar-refractivity contribution in [2.24, 2.45) is 5.92 Å². The minimum atomic E-state index is -1.30. The maximum Gasteiger partial charge on any atom is 0.326 e. The van der Waals surface area contributed by atoms with Gasteiger partial charge in [0.15, 0.2) is 0 Å². The van der Waals surface area contributed by atoms with Crippen LogP contribution in [0.4, 0.5) is 0 Å². The fourth-order valence-electron chi connectivity index (χ4n) is 4.50. The average Bonchev–Trinajstić information content (AvgIpc) is 3.25. The second kappa shape index (κ2) is 9.57. The van der Waals surface area contributed by atoms with Crippen LogP contribution in [0, 0.1) is 5.92 Å². The number of carbonyl (C=O) groups excluding carboxylic acids is 1. The lowest BCUT2D eigenvalue weighted by atomic mass is 9.93. The lowest BCUT2D eigenvalue weighted by Crippen LogP contribution is -2.42. The van der Waals surface area contributed by atoms with Crippen LogP contribution < -0.4 is 4.74 Å². The Labute approximate surface area is 201 Å². The van der Waals surface area contributed by atoms with Crippen LogP contribution in [0.3, 0.4) is 0 Å². The molecule has 1 aliphatic rings. The van der Waals surface area contributed by atoms with Gasteiger partial charge in [0, 0.05) is 16.1 Å². The highest BCUT2D eigenvalue weighted by molar-refractivity contribution is 6.31. The van der Waals surface area contributed by atoms with Crippen molar-refractivity contribution in [1.29, 1.82) is 0 Å². The van der Waals surface area contributed by atoms with Crippen molar-refractivity contribution < 1.29 is 29.3 Å². The van der Waals surface area contributed by atoms with Gasteiger partial charge in [-0.2, -0.15) is 0 Å². The van der Waals surface area contributed by atoms with Crippen molar-refractivity contribution in [2.75, 3.05) is 7.11 Å². The largest absolute Gasteiger partial charge is 0.496 e. The fourth-order valence-corrected chi connectivity index (χ4v) is 4.75. The van der Waals surface area contributed by atoms with Gasteiger partial charge in [-0.05, 0) is 41.8 Å². The topological polar surface area (TPSA) is 104 Å². The van der Waals surface area contributed by atoms with Gasteiger partial charge < -0.3 is 19.8 Å². The van der Waals surface area contributed by atoms with Crippen LogP contribution >= 0.6 is 11.6 Å². The number of carboxylic acids is 2. The summed E-state index contributed by atoms with van der Waals surface area (Å²) < 4.78 is 5.40. The van der Waals surface area contributed by atoms with Gasteiger partial charge in [-0.15, -0.1) is 0 Å². The second-order valence-electron chi connectivity index (χ2n) is 7.99. The number of benzene rings is 3. The van der Waals surface area contributed by atoms with E-state index < -0.39 is 35.8 Å². The molecule has 3 aromatic carbocycles. The zero-order valence-corrected chi connectivity index (χ0v) is 19.0. The average molecular weight is 480 g/mol. The summed E-state index contributed by atoms with van der Waals surface area (Å²) in [6.07, 6.45) is -0.217. The quantitative estimate of drug-likeness (QED) is 0.528. The Morgan fingerprint density at radius 3 is 2.18 bits per heavy atom. The normalized spacial score (nSPS) is 19.6. The van der Waals surface area contributed by atoms with Crippen LogP contribution in [0.2, 0.25) is 5.02 Å². The number of carbonyl (C=O) groups is 3. The van der Waals surface area contributed by atoms with Crippen molar-refractivity contribution in [2.45, 2.75) is 18.5 Å². The van der Waals surface area contributed by atoms with Crippen LogP contribution in [0.25, 0.3) is 11.1 Å². The van der Waals surface area contributed by atoms with Crippen LogP contribution in [-0.2, 0) is 9.59 Å². The summed E-state index contributed by atoms with van der Waals surface area (Å²) in [6.45, 7) is 0. The van der Waals surface area contributed by atoms with E-state index in [1.165, 1.54) is 0 Å². The van der Waals surface area contributed by atoms with Crippen LogP contribution in [0.5, 0.6) is 5.75 Å². The highest BCUT2D eigenvalue weighted by Gasteiger charge is 2.51. The number of para-hydroxylation sites is 1. The fraction of sp³-hybridized carbons (Fsp3) is 0.192. The number of carboxylic acid groups (broad SMARTS) is 2. The standard InChI is InChI=1S/C26H22ClNO6/c1-34-22-9-5-3-6-17(22)15-10-12-16(13-11-15)24(29)28-21(26(32)33)14-19(25(30)31)23(28)18-7-2-4-8-20(18)27/h2-13,19,21,23H,14H2,1H3,(H,30,31)(H,32,33)/t19-,21-,23-/m0/s1. The van der Waals surface area contributed by atoms with E-state index in [0.717, 1.165) is 16.0 Å². The smallest absolute Gasteiger partial charge is 0.326 e. The monoisotopic (exact) mass is 479 g/mol. The molecular weight excluding hydrogens is 458 g/mol. The number of amides is 1. The number of hydrogen-bond acceptors (Lipinski definition) is 4. The maximum atomic E-state index is 13.6. The maximum absolute atomic E-state index is 13.6. The van der Waals surface area contributed by atoms with Crippen molar-refractivity contribution in [3.05, 3.63) is 88.9 Å². The van der Waals surface area contributed by atoms with Crippen molar-refractivity contribution in [3.63, 3.8) is 0 Å². The number of rotatable bonds is 6. The molecule has 8 heteroatoms. The second-order valence-corrected chi connectivity index (χ2v) is 8.40. The lowest BCUT2D eigenvalue weighted by Gasteiger charge is -2.30. The van der Waals surface area contributed by atoms with E-state index >= 15 is 0 Å². The Hall–Kier alpha value is -3.84. The zero-order valence-electron chi connectivity index (χ0n) is 18.2. The third-order valence-electron chi connectivity index (χ3n) is 6.10. The van der Waals surface area contributed by atoms with E-state index in [0.29, 0.717) is 11.3 Å². The molecule has 0 aromatic heterocycles. The minimum Gasteiger partial charge on any atom is -0.496 e. The molecule has 174 valence electrons. The summed E-state index contributed by atoms with van der Waals surface area (Å²) in [6, 6.07) is 18.4. The van der Waals surface area contributed by atoms with Crippen LogP contribution in [0.1, 0.15) is 28.4 Å². The first-order valence-corrected chi connectivity index (χ1v) is 11.0. The number of nitrogens with zero attached hydrogens (tertiary/aromatic N) is 1. The first-order chi connectivity index (χ1) is 16.3. The van der Waals surface area contributed by atoms with Crippen molar-refractivity contribution >= 4 is 29.4 Å². The zero-order chi connectivity index (χ0) is 24.4. The summed E-state index contributed by atoms with van der Waals surface area (Å²) in [5, 5.41) is 19.9. The van der Waals surface area contributed by atoms with Gasteiger partial charge in [-0.1, -0.05) is 60.1 Å². The molecule has 1 amide bonds. The van der Waals surface area contributed by atoms with Gasteiger partial charge in [0.05, 0.1) is 19.1 Å². The highest BCUT2D eigenvalue weighted by Crippen LogP contribution is 2.44. The predicted octanol–water partition coefficient (Wildman–Crippen LogP) is 4.76. The Kier molecular flexibility index (Phi) is 6.56. The highest BCUT2D eigenvalue weighted by atomic mass is 35.5. The Bertz CT molecular complexity index is 1240. The summed E-state index contributed by atoms with van der Waals surface area (Å²) in [7, 11) is 1.57. The number of methoxy groups -OCH3 is 1. The molecule has 1 heterocycles. The predicted molar refractivity (Wildman–Crippen MR) is 126 cm³/mol. The third kappa shape index (κ3) is 4.22. The van der Waals surface area contributed by atoms with E-state index in [1.54, 1.807) is 55.6 Å². The molecule has 1 saturated heterocycles. The van der Waals surface area contributed by atoms with Gasteiger partial charge in [0.1, 0.15) is 11.8 Å². The molecule has 0 spiro atoms. The molecule has 34 heavy (non-hydrogen) atoms. The molecule has 0 radical (unpaired) electrons.